The van der Waals surface area contributed by atoms with Crippen molar-refractivity contribution >= 4 is 0 Å². The van der Waals surface area contributed by atoms with Crippen molar-refractivity contribution in [2.45, 2.75) is 40.4 Å². The van der Waals surface area contributed by atoms with Gasteiger partial charge in [0, 0.05) is 20.0 Å². The summed E-state index contributed by atoms with van der Waals surface area (Å²) in [5.74, 6) is 1.28. The average molecular weight is 235 g/mol. The summed E-state index contributed by atoms with van der Waals surface area (Å²) in [6, 6.07) is 2.08. The minimum atomic E-state index is 0.594. The molecule has 92 valence electrons. The van der Waals surface area contributed by atoms with Crippen LogP contribution in [0.2, 0.25) is 0 Å². The number of aromatic nitrogens is 4. The van der Waals surface area contributed by atoms with Crippen LogP contribution in [0, 0.1) is 13.8 Å². The number of nitrogens with one attached hydrogen (secondary N) is 1. The predicted molar refractivity (Wildman–Crippen MR) is 62.2 cm³/mol. The fourth-order valence-corrected chi connectivity index (χ4v) is 1.73. The van der Waals surface area contributed by atoms with Gasteiger partial charge in [0.15, 0.2) is 5.82 Å². The molecule has 1 N–H and O–H groups in total. The first-order valence-corrected chi connectivity index (χ1v) is 5.72. The van der Waals surface area contributed by atoms with E-state index in [4.69, 9.17) is 4.52 Å². The Kier molecular flexibility index (Phi) is 3.53. The molecule has 2 rings (SSSR count). The van der Waals surface area contributed by atoms with Gasteiger partial charge in [-0.15, -0.1) is 0 Å². The van der Waals surface area contributed by atoms with Crippen molar-refractivity contribution in [2.75, 3.05) is 0 Å². The maximum absolute atomic E-state index is 4.90. The van der Waals surface area contributed by atoms with Crippen LogP contribution in [0.25, 0.3) is 0 Å². The van der Waals surface area contributed by atoms with Gasteiger partial charge in [-0.2, -0.15) is 10.1 Å². The Balaban J connectivity index is 1.89. The lowest BCUT2D eigenvalue weighted by atomic mass is 10.3. The molecule has 0 aliphatic rings. The third-order valence-corrected chi connectivity index (χ3v) is 2.44. The van der Waals surface area contributed by atoms with Gasteiger partial charge in [-0.1, -0.05) is 5.16 Å². The van der Waals surface area contributed by atoms with E-state index < -0.39 is 0 Å². The summed E-state index contributed by atoms with van der Waals surface area (Å²) >= 11 is 0. The van der Waals surface area contributed by atoms with Gasteiger partial charge in [0.1, 0.15) is 0 Å². The lowest BCUT2D eigenvalue weighted by Crippen LogP contribution is -2.16. The highest BCUT2D eigenvalue weighted by molar-refractivity contribution is 5.08. The Morgan fingerprint density at radius 2 is 2.18 bits per heavy atom. The van der Waals surface area contributed by atoms with Gasteiger partial charge in [-0.05, 0) is 19.9 Å². The van der Waals surface area contributed by atoms with E-state index >= 15 is 0 Å². The van der Waals surface area contributed by atoms with Crippen LogP contribution in [-0.2, 0) is 19.6 Å². The van der Waals surface area contributed by atoms with Crippen LogP contribution in [0.5, 0.6) is 0 Å². The quantitative estimate of drug-likeness (QED) is 0.843. The average Bonchev–Trinajstić information content (AvgIpc) is 2.85. The highest BCUT2D eigenvalue weighted by atomic mass is 16.5. The molecule has 0 bridgehead atoms. The third-order valence-electron chi connectivity index (χ3n) is 2.44. The van der Waals surface area contributed by atoms with Crippen molar-refractivity contribution < 1.29 is 4.52 Å². The molecule has 2 aromatic rings. The smallest absolute Gasteiger partial charge is 0.223 e. The van der Waals surface area contributed by atoms with E-state index in [-0.39, 0.29) is 0 Å². The molecule has 17 heavy (non-hydrogen) atoms. The largest absolute Gasteiger partial charge is 0.340 e. The molecule has 0 spiro atoms. The van der Waals surface area contributed by atoms with Crippen molar-refractivity contribution in [2.24, 2.45) is 0 Å². The fraction of sp³-hybridized carbons (Fsp3) is 0.545. The van der Waals surface area contributed by atoms with Gasteiger partial charge in [-0.25, -0.2) is 0 Å². The van der Waals surface area contributed by atoms with Gasteiger partial charge in [0.25, 0.3) is 0 Å². The molecule has 0 amide bonds. The zero-order chi connectivity index (χ0) is 12.3. The predicted octanol–water partition coefficient (Wildman–Crippen LogP) is 1.19. The molecule has 0 aromatic carbocycles. The van der Waals surface area contributed by atoms with Gasteiger partial charge in [0.05, 0.1) is 17.9 Å². The molecule has 0 saturated heterocycles. The van der Waals surface area contributed by atoms with Crippen LogP contribution in [0.1, 0.15) is 30.0 Å². The van der Waals surface area contributed by atoms with Gasteiger partial charge >= 0.3 is 0 Å². The monoisotopic (exact) mass is 235 g/mol. The summed E-state index contributed by atoms with van der Waals surface area (Å²) in [5.41, 5.74) is 2.21. The van der Waals surface area contributed by atoms with E-state index in [1.807, 2.05) is 11.6 Å². The minimum absolute atomic E-state index is 0.594. The highest BCUT2D eigenvalue weighted by Crippen LogP contribution is 2.03. The van der Waals surface area contributed by atoms with Crippen LogP contribution in [0.4, 0.5) is 0 Å². The summed E-state index contributed by atoms with van der Waals surface area (Å²) in [5, 5.41) is 11.5. The summed E-state index contributed by atoms with van der Waals surface area (Å²) in [6.45, 7) is 8.10. The van der Waals surface area contributed by atoms with Crippen LogP contribution in [0.3, 0.4) is 0 Å². The van der Waals surface area contributed by atoms with Crippen molar-refractivity contribution in [3.63, 3.8) is 0 Å². The molecule has 2 aromatic heterocycles. The number of aryl methyl sites for hydroxylation is 3. The number of hydrogen-bond acceptors (Lipinski definition) is 5. The SMILES string of the molecule is CCn1nc(C)cc1CNCc1noc(C)n1. The molecular weight excluding hydrogens is 218 g/mol. The zero-order valence-electron chi connectivity index (χ0n) is 10.4. The first-order chi connectivity index (χ1) is 8.19. The third kappa shape index (κ3) is 2.91. The lowest BCUT2D eigenvalue weighted by Gasteiger charge is -2.04. The van der Waals surface area contributed by atoms with Crippen molar-refractivity contribution in [3.8, 4) is 0 Å². The minimum Gasteiger partial charge on any atom is -0.340 e. The van der Waals surface area contributed by atoms with Gasteiger partial charge < -0.3 is 9.84 Å². The molecule has 0 saturated carbocycles. The molecule has 6 heteroatoms. The molecule has 2 heterocycles. The Hall–Kier alpha value is -1.69. The van der Waals surface area contributed by atoms with Gasteiger partial charge in [0.2, 0.25) is 5.89 Å². The number of rotatable bonds is 5. The number of hydrogen-bond donors (Lipinski definition) is 1. The van der Waals surface area contributed by atoms with Crippen LogP contribution < -0.4 is 5.32 Å². The molecule has 6 nitrogen and oxygen atoms in total. The molecule has 0 aliphatic heterocycles. The van der Waals surface area contributed by atoms with E-state index in [2.05, 4.69) is 33.5 Å². The second kappa shape index (κ2) is 5.09. The molecule has 0 unspecified atom stereocenters. The van der Waals surface area contributed by atoms with Gasteiger partial charge in [-0.3, -0.25) is 4.68 Å². The maximum Gasteiger partial charge on any atom is 0.223 e. The Labute approximate surface area is 100 Å². The van der Waals surface area contributed by atoms with E-state index in [0.717, 1.165) is 18.8 Å². The second-order valence-corrected chi connectivity index (χ2v) is 3.93. The standard InChI is InChI=1S/C11H17N5O/c1-4-16-10(5-8(2)14-16)6-12-7-11-13-9(3)17-15-11/h5,12H,4,6-7H2,1-3H3. The van der Waals surface area contributed by atoms with Crippen molar-refractivity contribution in [3.05, 3.63) is 29.2 Å². The Bertz CT molecular complexity index is 488. The summed E-state index contributed by atoms with van der Waals surface area (Å²) in [7, 11) is 0. The topological polar surface area (TPSA) is 68.8 Å². The van der Waals surface area contributed by atoms with Crippen molar-refractivity contribution in [1.29, 1.82) is 0 Å². The lowest BCUT2D eigenvalue weighted by molar-refractivity contribution is 0.385. The highest BCUT2D eigenvalue weighted by Gasteiger charge is 2.05. The molecule has 0 atom stereocenters. The summed E-state index contributed by atoms with van der Waals surface area (Å²) in [4.78, 5) is 4.13. The van der Waals surface area contributed by atoms with Crippen LogP contribution >= 0.6 is 0 Å². The first kappa shape index (κ1) is 11.8. The Morgan fingerprint density at radius 3 is 2.82 bits per heavy atom. The number of nitrogens with zero attached hydrogens (tertiary/aromatic N) is 4. The fourth-order valence-electron chi connectivity index (χ4n) is 1.73. The second-order valence-electron chi connectivity index (χ2n) is 3.93. The van der Waals surface area contributed by atoms with E-state index in [0.29, 0.717) is 18.3 Å². The first-order valence-electron chi connectivity index (χ1n) is 5.72. The van der Waals surface area contributed by atoms with E-state index in [9.17, 15) is 0 Å². The normalized spacial score (nSPS) is 11.0. The van der Waals surface area contributed by atoms with Crippen molar-refractivity contribution in [1.82, 2.24) is 25.2 Å². The molecule has 0 fully saturated rings. The van der Waals surface area contributed by atoms with E-state index in [1.54, 1.807) is 6.92 Å². The molecular formula is C11H17N5O. The summed E-state index contributed by atoms with van der Waals surface area (Å²) < 4.78 is 6.89. The van der Waals surface area contributed by atoms with Crippen LogP contribution in [0.15, 0.2) is 10.6 Å². The van der Waals surface area contributed by atoms with E-state index in [1.165, 1.54) is 5.69 Å². The van der Waals surface area contributed by atoms with Crippen LogP contribution in [-0.4, -0.2) is 19.9 Å². The maximum atomic E-state index is 4.90. The summed E-state index contributed by atoms with van der Waals surface area (Å²) in [6.07, 6.45) is 0. The molecule has 0 aliphatic carbocycles. The molecule has 0 radical (unpaired) electrons. The Morgan fingerprint density at radius 1 is 1.35 bits per heavy atom. The zero-order valence-corrected chi connectivity index (χ0v) is 10.4.